The Bertz CT molecular complexity index is 624. The molecule has 25 heavy (non-hydrogen) atoms. The van der Waals surface area contributed by atoms with E-state index in [1.165, 1.54) is 7.11 Å². The first-order valence-corrected chi connectivity index (χ1v) is 8.05. The Morgan fingerprint density at radius 1 is 1.32 bits per heavy atom. The van der Waals surface area contributed by atoms with Crippen molar-refractivity contribution < 1.29 is 19.1 Å². The van der Waals surface area contributed by atoms with Crippen molar-refractivity contribution in [2.24, 2.45) is 5.73 Å². The maximum absolute atomic E-state index is 12.8. The number of piperidine rings is 1. The molecule has 2 amide bonds. The van der Waals surface area contributed by atoms with Crippen LogP contribution in [0.25, 0.3) is 0 Å². The number of nitrogens with zero attached hydrogens (tertiary/aromatic N) is 1. The summed E-state index contributed by atoms with van der Waals surface area (Å²) in [5, 5.41) is 2.70. The second kappa shape index (κ2) is 10.0. The maximum atomic E-state index is 12.8. The largest absolute Gasteiger partial charge is 0.467 e. The molecule has 138 valence electrons. The van der Waals surface area contributed by atoms with Crippen LogP contribution in [0.3, 0.4) is 0 Å². The van der Waals surface area contributed by atoms with Gasteiger partial charge in [0.2, 0.25) is 5.91 Å². The standard InChI is InChI=1S/C17H23N3O4.ClH/c1-24-17(23)14-7-2-3-10-20(14)16(22)12-5-4-6-13(11-12)19-15(21)8-9-18;/h4-6,11,14H,2-3,7-10,18H2,1H3,(H,19,21);1H. The smallest absolute Gasteiger partial charge is 0.328 e. The molecule has 8 heteroatoms. The topological polar surface area (TPSA) is 102 Å². The lowest BCUT2D eigenvalue weighted by atomic mass is 10.0. The van der Waals surface area contributed by atoms with E-state index in [9.17, 15) is 14.4 Å². The number of amides is 2. The normalized spacial score (nSPS) is 16.6. The number of nitrogens with two attached hydrogens (primary N) is 1. The molecule has 1 unspecified atom stereocenters. The number of carbonyl (C=O) groups excluding carboxylic acids is 3. The van der Waals surface area contributed by atoms with Crippen molar-refractivity contribution in [2.45, 2.75) is 31.7 Å². The highest BCUT2D eigenvalue weighted by Gasteiger charge is 2.33. The molecule has 1 aliphatic rings. The molecule has 1 atom stereocenters. The minimum absolute atomic E-state index is 0. The number of methoxy groups -OCH3 is 1. The monoisotopic (exact) mass is 369 g/mol. The van der Waals surface area contributed by atoms with E-state index < -0.39 is 12.0 Å². The van der Waals surface area contributed by atoms with Crippen LogP contribution in [0.5, 0.6) is 0 Å². The van der Waals surface area contributed by atoms with Gasteiger partial charge < -0.3 is 20.7 Å². The van der Waals surface area contributed by atoms with Crippen LogP contribution in [0.1, 0.15) is 36.0 Å². The van der Waals surface area contributed by atoms with Crippen molar-refractivity contribution in [1.82, 2.24) is 4.90 Å². The number of anilines is 1. The van der Waals surface area contributed by atoms with E-state index in [4.69, 9.17) is 10.5 Å². The molecule has 1 heterocycles. The van der Waals surface area contributed by atoms with Gasteiger partial charge in [-0.05, 0) is 37.5 Å². The van der Waals surface area contributed by atoms with Crippen LogP contribution >= 0.6 is 12.4 Å². The number of esters is 1. The number of carbonyl (C=O) groups is 3. The molecule has 0 spiro atoms. The minimum atomic E-state index is -0.549. The number of hydrogen-bond donors (Lipinski definition) is 2. The van der Waals surface area contributed by atoms with E-state index in [-0.39, 0.29) is 37.2 Å². The predicted octanol–water partition coefficient (Wildman–Crippen LogP) is 1.56. The van der Waals surface area contributed by atoms with Crippen LogP contribution in [0.15, 0.2) is 24.3 Å². The summed E-state index contributed by atoms with van der Waals surface area (Å²) in [5.74, 6) is -0.831. The molecule has 0 radical (unpaired) electrons. The molecule has 0 saturated carbocycles. The second-order valence-corrected chi connectivity index (χ2v) is 5.70. The Morgan fingerprint density at radius 3 is 2.76 bits per heavy atom. The van der Waals surface area contributed by atoms with Crippen LogP contribution in [-0.4, -0.2) is 48.9 Å². The molecule has 3 N–H and O–H groups in total. The third kappa shape index (κ3) is 5.44. The van der Waals surface area contributed by atoms with Crippen LogP contribution in [0, 0.1) is 0 Å². The Labute approximate surface area is 153 Å². The Balaban J connectivity index is 0.00000312. The molecule has 0 bridgehead atoms. The van der Waals surface area contributed by atoms with Crippen LogP contribution in [0.4, 0.5) is 5.69 Å². The molecular weight excluding hydrogens is 346 g/mol. The van der Waals surface area contributed by atoms with Gasteiger partial charge in [0, 0.05) is 30.8 Å². The van der Waals surface area contributed by atoms with Crippen LogP contribution < -0.4 is 11.1 Å². The molecule has 1 saturated heterocycles. The van der Waals surface area contributed by atoms with Crippen LogP contribution in [-0.2, 0) is 14.3 Å². The van der Waals surface area contributed by atoms with Gasteiger partial charge in [0.05, 0.1) is 7.11 Å². The summed E-state index contributed by atoms with van der Waals surface area (Å²) in [7, 11) is 1.33. The predicted molar refractivity (Wildman–Crippen MR) is 96.7 cm³/mol. The number of rotatable bonds is 5. The Hall–Kier alpha value is -2.12. The van der Waals surface area contributed by atoms with Crippen molar-refractivity contribution in [2.75, 3.05) is 25.5 Å². The van der Waals surface area contributed by atoms with Gasteiger partial charge in [0.25, 0.3) is 5.91 Å². The second-order valence-electron chi connectivity index (χ2n) is 5.70. The maximum Gasteiger partial charge on any atom is 0.328 e. The summed E-state index contributed by atoms with van der Waals surface area (Å²) in [5.41, 5.74) is 6.31. The number of hydrogen-bond acceptors (Lipinski definition) is 5. The number of benzene rings is 1. The van der Waals surface area contributed by atoms with Gasteiger partial charge in [-0.25, -0.2) is 4.79 Å². The fraction of sp³-hybridized carbons (Fsp3) is 0.471. The molecular formula is C17H24ClN3O4. The average Bonchev–Trinajstić information content (AvgIpc) is 2.60. The molecule has 1 aliphatic heterocycles. The van der Waals surface area contributed by atoms with Gasteiger partial charge in [-0.2, -0.15) is 0 Å². The van der Waals surface area contributed by atoms with Crippen molar-refractivity contribution in [3.05, 3.63) is 29.8 Å². The lowest BCUT2D eigenvalue weighted by Gasteiger charge is -2.33. The Kier molecular flexibility index (Phi) is 8.37. The number of likely N-dealkylation sites (tertiary alicyclic amines) is 1. The number of nitrogens with one attached hydrogen (secondary N) is 1. The average molecular weight is 370 g/mol. The first-order chi connectivity index (χ1) is 11.6. The van der Waals surface area contributed by atoms with Gasteiger partial charge in [-0.1, -0.05) is 6.07 Å². The summed E-state index contributed by atoms with van der Waals surface area (Å²) >= 11 is 0. The van der Waals surface area contributed by atoms with Gasteiger partial charge in [0.1, 0.15) is 6.04 Å². The van der Waals surface area contributed by atoms with Crippen LogP contribution in [0.2, 0.25) is 0 Å². The summed E-state index contributed by atoms with van der Waals surface area (Å²) in [4.78, 5) is 37.9. The van der Waals surface area contributed by atoms with Crippen molar-refractivity contribution in [3.8, 4) is 0 Å². The van der Waals surface area contributed by atoms with Crippen molar-refractivity contribution >= 4 is 35.9 Å². The fourth-order valence-corrected chi connectivity index (χ4v) is 2.81. The van der Waals surface area contributed by atoms with Gasteiger partial charge in [-0.15, -0.1) is 12.4 Å². The first-order valence-electron chi connectivity index (χ1n) is 8.05. The van der Waals surface area contributed by atoms with Gasteiger partial charge >= 0.3 is 5.97 Å². The summed E-state index contributed by atoms with van der Waals surface area (Å²) in [6.07, 6.45) is 2.56. The van der Waals surface area contributed by atoms with E-state index in [0.29, 0.717) is 24.2 Å². The van der Waals surface area contributed by atoms with E-state index in [1.54, 1.807) is 29.2 Å². The molecule has 1 fully saturated rings. The zero-order valence-corrected chi connectivity index (χ0v) is 15.0. The lowest BCUT2D eigenvalue weighted by Crippen LogP contribution is -2.48. The third-order valence-corrected chi connectivity index (χ3v) is 4.00. The lowest BCUT2D eigenvalue weighted by molar-refractivity contribution is -0.147. The third-order valence-electron chi connectivity index (χ3n) is 4.00. The minimum Gasteiger partial charge on any atom is -0.467 e. The number of ether oxygens (including phenoxy) is 1. The van der Waals surface area contributed by atoms with E-state index in [1.807, 2.05) is 0 Å². The molecule has 0 aromatic heterocycles. The molecule has 2 rings (SSSR count). The molecule has 7 nitrogen and oxygen atoms in total. The number of halogens is 1. The van der Waals surface area contributed by atoms with E-state index in [2.05, 4.69) is 5.32 Å². The molecule has 1 aromatic rings. The quantitative estimate of drug-likeness (QED) is 0.767. The van der Waals surface area contributed by atoms with Crippen molar-refractivity contribution in [1.29, 1.82) is 0 Å². The fourth-order valence-electron chi connectivity index (χ4n) is 2.81. The van der Waals surface area contributed by atoms with E-state index in [0.717, 1.165) is 12.8 Å². The summed E-state index contributed by atoms with van der Waals surface area (Å²) in [6, 6.07) is 6.14. The van der Waals surface area contributed by atoms with Gasteiger partial charge in [-0.3, -0.25) is 9.59 Å². The zero-order chi connectivity index (χ0) is 17.5. The highest BCUT2D eigenvalue weighted by atomic mass is 35.5. The highest BCUT2D eigenvalue weighted by Crippen LogP contribution is 2.22. The summed E-state index contributed by atoms with van der Waals surface area (Å²) in [6.45, 7) is 0.779. The SMILES string of the molecule is COC(=O)C1CCCCN1C(=O)c1cccc(NC(=O)CCN)c1.Cl. The summed E-state index contributed by atoms with van der Waals surface area (Å²) < 4.78 is 4.81. The molecule has 0 aliphatic carbocycles. The highest BCUT2D eigenvalue weighted by molar-refractivity contribution is 5.99. The van der Waals surface area contributed by atoms with E-state index >= 15 is 0 Å². The first kappa shape index (κ1) is 20.9. The van der Waals surface area contributed by atoms with Crippen molar-refractivity contribution in [3.63, 3.8) is 0 Å². The molecule has 1 aromatic carbocycles. The van der Waals surface area contributed by atoms with Gasteiger partial charge in [0.15, 0.2) is 0 Å². The Morgan fingerprint density at radius 2 is 2.08 bits per heavy atom. The zero-order valence-electron chi connectivity index (χ0n) is 14.2.